The number of hydrogen-bond acceptors (Lipinski definition) is 3. The van der Waals surface area contributed by atoms with Gasteiger partial charge < -0.3 is 26.0 Å². The molecule has 0 spiro atoms. The maximum Gasteiger partial charge on any atom is 0.323 e. The van der Waals surface area contributed by atoms with E-state index in [0.717, 1.165) is 19.4 Å². The first-order valence-electron chi connectivity index (χ1n) is 8.58. The molecule has 1 unspecified atom stereocenters. The van der Waals surface area contributed by atoms with E-state index in [1.807, 2.05) is 18.2 Å². The third kappa shape index (κ3) is 5.49. The minimum atomic E-state index is -0.351. The lowest BCUT2D eigenvalue weighted by Crippen LogP contribution is -2.35. The summed E-state index contributed by atoms with van der Waals surface area (Å²) < 4.78 is 5.47. The van der Waals surface area contributed by atoms with E-state index >= 15 is 0 Å². The molecule has 2 aromatic rings. The molecule has 2 aromatic carbocycles. The fraction of sp³-hybridized carbons (Fsp3) is 0.263. The van der Waals surface area contributed by atoms with Crippen molar-refractivity contribution < 1.29 is 14.3 Å². The van der Waals surface area contributed by atoms with Crippen molar-refractivity contribution in [2.75, 3.05) is 29.1 Å². The summed E-state index contributed by atoms with van der Waals surface area (Å²) in [7, 11) is 0. The second kappa shape index (κ2) is 8.87. The lowest BCUT2D eigenvalue weighted by atomic mass is 10.2. The van der Waals surface area contributed by atoms with Crippen LogP contribution in [-0.4, -0.2) is 31.3 Å². The Morgan fingerprint density at radius 2 is 1.54 bits per heavy atom. The molecular weight excluding hydrogens is 332 g/mol. The zero-order chi connectivity index (χ0) is 18.2. The molecule has 3 rings (SSSR count). The first kappa shape index (κ1) is 17.8. The lowest BCUT2D eigenvalue weighted by Gasteiger charge is -2.13. The van der Waals surface area contributed by atoms with Gasteiger partial charge in [0, 0.05) is 30.2 Å². The van der Waals surface area contributed by atoms with Gasteiger partial charge in [-0.3, -0.25) is 0 Å². The molecule has 1 aliphatic heterocycles. The largest absolute Gasteiger partial charge is 0.376 e. The van der Waals surface area contributed by atoms with Gasteiger partial charge in [-0.2, -0.15) is 0 Å². The Bertz CT molecular complexity index is 745. The number of ether oxygens (including phenoxy) is 1. The summed E-state index contributed by atoms with van der Waals surface area (Å²) in [6.07, 6.45) is 2.10. The van der Waals surface area contributed by atoms with E-state index < -0.39 is 0 Å². The molecule has 1 atom stereocenters. The zero-order valence-corrected chi connectivity index (χ0v) is 14.3. The van der Waals surface area contributed by atoms with Gasteiger partial charge in [-0.15, -0.1) is 0 Å². The maximum absolute atomic E-state index is 12.0. The maximum atomic E-state index is 12.0. The molecule has 1 heterocycles. The van der Waals surface area contributed by atoms with Crippen LogP contribution >= 0.6 is 0 Å². The van der Waals surface area contributed by atoms with E-state index in [4.69, 9.17) is 4.74 Å². The summed E-state index contributed by atoms with van der Waals surface area (Å²) >= 11 is 0. The number of hydrogen-bond donors (Lipinski definition) is 4. The van der Waals surface area contributed by atoms with Gasteiger partial charge in [-0.05, 0) is 43.2 Å². The molecule has 0 aromatic heterocycles. The van der Waals surface area contributed by atoms with Crippen molar-refractivity contribution in [1.29, 1.82) is 0 Å². The van der Waals surface area contributed by atoms with Gasteiger partial charge in [0.2, 0.25) is 0 Å². The Labute approximate surface area is 152 Å². The number of nitrogens with one attached hydrogen (secondary N) is 4. The third-order valence-electron chi connectivity index (χ3n) is 3.92. The molecule has 7 nitrogen and oxygen atoms in total. The van der Waals surface area contributed by atoms with Crippen LogP contribution in [0.5, 0.6) is 0 Å². The van der Waals surface area contributed by atoms with Crippen LogP contribution in [0.1, 0.15) is 12.8 Å². The van der Waals surface area contributed by atoms with Gasteiger partial charge >= 0.3 is 12.1 Å². The second-order valence-electron chi connectivity index (χ2n) is 6.00. The van der Waals surface area contributed by atoms with Crippen molar-refractivity contribution in [3.8, 4) is 0 Å². The quantitative estimate of drug-likeness (QED) is 0.661. The summed E-state index contributed by atoms with van der Waals surface area (Å²) in [4.78, 5) is 24.0. The molecule has 4 amide bonds. The Kier molecular flexibility index (Phi) is 6.05. The number of amides is 4. The smallest absolute Gasteiger partial charge is 0.323 e. The molecule has 0 aliphatic carbocycles. The topological polar surface area (TPSA) is 91.5 Å². The highest BCUT2D eigenvalue weighted by Crippen LogP contribution is 2.16. The average Bonchev–Trinajstić information content (AvgIpc) is 3.14. The first-order valence-corrected chi connectivity index (χ1v) is 8.58. The Morgan fingerprint density at radius 3 is 2.23 bits per heavy atom. The normalized spacial score (nSPS) is 15.9. The monoisotopic (exact) mass is 354 g/mol. The summed E-state index contributed by atoms with van der Waals surface area (Å²) in [5.74, 6) is 0. The predicted octanol–water partition coefficient (Wildman–Crippen LogP) is 3.63. The van der Waals surface area contributed by atoms with Crippen molar-refractivity contribution in [3.63, 3.8) is 0 Å². The SMILES string of the molecule is O=C(NCC1CCCO1)Nc1cccc(NC(=O)Nc2ccccc2)c1. The number of benzene rings is 2. The number of carbonyl (C=O) groups is 2. The van der Waals surface area contributed by atoms with E-state index in [1.54, 1.807) is 36.4 Å². The summed E-state index contributed by atoms with van der Waals surface area (Å²) in [6, 6.07) is 15.5. The number of para-hydroxylation sites is 1. The van der Waals surface area contributed by atoms with E-state index in [9.17, 15) is 9.59 Å². The van der Waals surface area contributed by atoms with Gasteiger partial charge in [-0.1, -0.05) is 24.3 Å². The molecular formula is C19H22N4O3. The van der Waals surface area contributed by atoms with E-state index in [0.29, 0.717) is 23.6 Å². The molecule has 7 heteroatoms. The van der Waals surface area contributed by atoms with Crippen molar-refractivity contribution in [2.45, 2.75) is 18.9 Å². The van der Waals surface area contributed by atoms with Crippen molar-refractivity contribution in [3.05, 3.63) is 54.6 Å². The van der Waals surface area contributed by atoms with Gasteiger partial charge in [0.05, 0.1) is 6.10 Å². The van der Waals surface area contributed by atoms with Crippen LogP contribution < -0.4 is 21.3 Å². The zero-order valence-electron chi connectivity index (χ0n) is 14.3. The molecule has 0 radical (unpaired) electrons. The number of anilines is 3. The molecule has 1 fully saturated rings. The van der Waals surface area contributed by atoms with Crippen molar-refractivity contribution in [1.82, 2.24) is 5.32 Å². The van der Waals surface area contributed by atoms with E-state index in [1.165, 1.54) is 0 Å². The molecule has 0 bridgehead atoms. The summed E-state index contributed by atoms with van der Waals surface area (Å²) in [5.41, 5.74) is 1.87. The van der Waals surface area contributed by atoms with Crippen molar-refractivity contribution in [2.24, 2.45) is 0 Å². The molecule has 26 heavy (non-hydrogen) atoms. The van der Waals surface area contributed by atoms with Gasteiger partial charge in [0.25, 0.3) is 0 Å². The average molecular weight is 354 g/mol. The van der Waals surface area contributed by atoms with Gasteiger partial charge in [0.1, 0.15) is 0 Å². The van der Waals surface area contributed by atoms with Crippen LogP contribution in [0.25, 0.3) is 0 Å². The number of rotatable bonds is 5. The number of carbonyl (C=O) groups excluding carboxylic acids is 2. The van der Waals surface area contributed by atoms with Gasteiger partial charge in [0.15, 0.2) is 0 Å². The molecule has 136 valence electrons. The lowest BCUT2D eigenvalue weighted by molar-refractivity contribution is 0.112. The van der Waals surface area contributed by atoms with Crippen molar-refractivity contribution >= 4 is 29.1 Å². The third-order valence-corrected chi connectivity index (χ3v) is 3.92. The highest BCUT2D eigenvalue weighted by Gasteiger charge is 2.16. The first-order chi connectivity index (χ1) is 12.7. The van der Waals surface area contributed by atoms with E-state index in [2.05, 4.69) is 21.3 Å². The predicted molar refractivity (Wildman–Crippen MR) is 102 cm³/mol. The van der Waals surface area contributed by atoms with Crippen LogP contribution in [0, 0.1) is 0 Å². The van der Waals surface area contributed by atoms with Crippen LogP contribution in [0.2, 0.25) is 0 Å². The molecule has 0 saturated carbocycles. The Balaban J connectivity index is 1.49. The van der Waals surface area contributed by atoms with Crippen LogP contribution in [0.3, 0.4) is 0 Å². The second-order valence-corrected chi connectivity index (χ2v) is 6.00. The van der Waals surface area contributed by atoms with Gasteiger partial charge in [-0.25, -0.2) is 9.59 Å². The molecule has 1 saturated heterocycles. The summed E-state index contributed by atoms with van der Waals surface area (Å²) in [6.45, 7) is 1.25. The Morgan fingerprint density at radius 1 is 0.885 bits per heavy atom. The minimum absolute atomic E-state index is 0.0930. The summed E-state index contributed by atoms with van der Waals surface area (Å²) in [5, 5.41) is 11.0. The molecule has 4 N–H and O–H groups in total. The highest BCUT2D eigenvalue weighted by atomic mass is 16.5. The fourth-order valence-electron chi connectivity index (χ4n) is 2.68. The fourth-order valence-corrected chi connectivity index (χ4v) is 2.68. The van der Waals surface area contributed by atoms with Crippen LogP contribution in [-0.2, 0) is 4.74 Å². The standard InChI is InChI=1S/C19H22N4O3/c24-18(20-13-17-10-5-11-26-17)22-15-8-4-9-16(12-15)23-19(25)21-14-6-2-1-3-7-14/h1-4,6-9,12,17H,5,10-11,13H2,(H2,20,22,24)(H2,21,23,25). The minimum Gasteiger partial charge on any atom is -0.376 e. The molecule has 1 aliphatic rings. The van der Waals surface area contributed by atoms with Crippen LogP contribution in [0.15, 0.2) is 54.6 Å². The van der Waals surface area contributed by atoms with E-state index in [-0.39, 0.29) is 18.2 Å². The van der Waals surface area contributed by atoms with Crippen LogP contribution in [0.4, 0.5) is 26.7 Å². The number of urea groups is 2. The highest BCUT2D eigenvalue weighted by molar-refractivity contribution is 6.00. The Hall–Kier alpha value is -3.06.